The van der Waals surface area contributed by atoms with Crippen molar-refractivity contribution in [2.45, 2.75) is 19.9 Å². The molecule has 0 aliphatic heterocycles. The monoisotopic (exact) mass is 328 g/mol. The number of aromatic nitrogens is 3. The molecule has 1 N–H and O–H groups in total. The molecule has 0 fully saturated rings. The molecule has 0 saturated carbocycles. The van der Waals surface area contributed by atoms with Crippen LogP contribution in [0.3, 0.4) is 0 Å². The Labute approximate surface area is 136 Å². The summed E-state index contributed by atoms with van der Waals surface area (Å²) in [7, 11) is 0. The summed E-state index contributed by atoms with van der Waals surface area (Å²) in [6.45, 7) is 2.60. The number of nitrogens with zero attached hydrogens (tertiary/aromatic N) is 3. The van der Waals surface area contributed by atoms with E-state index >= 15 is 0 Å². The molecule has 0 aliphatic rings. The molecule has 3 rings (SSSR count). The Morgan fingerprint density at radius 1 is 1.30 bits per heavy atom. The van der Waals surface area contributed by atoms with E-state index in [1.54, 1.807) is 30.0 Å². The Morgan fingerprint density at radius 3 is 2.87 bits per heavy atom. The normalized spacial score (nSPS) is 10.8. The second-order valence-corrected chi connectivity index (χ2v) is 6.03. The number of nitrogens with one attached hydrogen (secondary N) is 1. The second kappa shape index (κ2) is 6.70. The van der Waals surface area contributed by atoms with Crippen LogP contribution in [0.2, 0.25) is 0 Å². The van der Waals surface area contributed by atoms with Gasteiger partial charge in [-0.2, -0.15) is 0 Å². The fraction of sp³-hybridized carbons (Fsp3) is 0.250. The van der Waals surface area contributed by atoms with Gasteiger partial charge in [0.2, 0.25) is 5.91 Å². The van der Waals surface area contributed by atoms with E-state index in [1.807, 2.05) is 17.5 Å². The largest absolute Gasteiger partial charge is 0.354 e. The zero-order valence-electron chi connectivity index (χ0n) is 12.7. The number of fused-ring (bicyclic) bond motifs is 1. The van der Waals surface area contributed by atoms with Gasteiger partial charge in [-0.15, -0.1) is 11.3 Å². The SMILES string of the molecule is Cc1nc2sccc2c(=O)n1CCNC(=O)Cc1ccncc1. The van der Waals surface area contributed by atoms with Crippen LogP contribution in [0.1, 0.15) is 11.4 Å². The Hall–Kier alpha value is -2.54. The number of amides is 1. The smallest absolute Gasteiger partial charge is 0.262 e. The van der Waals surface area contributed by atoms with Gasteiger partial charge in [-0.05, 0) is 36.1 Å². The van der Waals surface area contributed by atoms with E-state index in [4.69, 9.17) is 0 Å². The highest BCUT2D eigenvalue weighted by molar-refractivity contribution is 7.16. The van der Waals surface area contributed by atoms with Crippen molar-refractivity contribution in [1.82, 2.24) is 19.9 Å². The van der Waals surface area contributed by atoms with Crippen LogP contribution in [0, 0.1) is 6.92 Å². The van der Waals surface area contributed by atoms with Gasteiger partial charge in [0.05, 0.1) is 11.8 Å². The highest BCUT2D eigenvalue weighted by atomic mass is 32.1. The molecule has 3 heterocycles. The number of pyridine rings is 1. The third kappa shape index (κ3) is 3.45. The Kier molecular flexibility index (Phi) is 4.47. The number of rotatable bonds is 5. The van der Waals surface area contributed by atoms with Crippen molar-refractivity contribution in [3.8, 4) is 0 Å². The summed E-state index contributed by atoms with van der Waals surface area (Å²) in [5.74, 6) is 0.583. The molecule has 0 bridgehead atoms. The molecule has 0 spiro atoms. The van der Waals surface area contributed by atoms with Gasteiger partial charge in [-0.1, -0.05) is 0 Å². The first kappa shape index (κ1) is 15.4. The Morgan fingerprint density at radius 2 is 2.09 bits per heavy atom. The topological polar surface area (TPSA) is 76.9 Å². The molecule has 7 heteroatoms. The predicted molar refractivity (Wildman–Crippen MR) is 89.6 cm³/mol. The van der Waals surface area contributed by atoms with Crippen LogP contribution in [0.5, 0.6) is 0 Å². The minimum absolute atomic E-state index is 0.0582. The van der Waals surface area contributed by atoms with Crippen molar-refractivity contribution in [2.75, 3.05) is 6.54 Å². The third-order valence-electron chi connectivity index (χ3n) is 3.55. The van der Waals surface area contributed by atoms with Gasteiger partial charge in [0, 0.05) is 25.5 Å². The van der Waals surface area contributed by atoms with Gasteiger partial charge in [0.1, 0.15) is 10.7 Å². The summed E-state index contributed by atoms with van der Waals surface area (Å²) in [5.41, 5.74) is 0.851. The zero-order valence-corrected chi connectivity index (χ0v) is 13.5. The summed E-state index contributed by atoms with van der Waals surface area (Å²) < 4.78 is 1.60. The van der Waals surface area contributed by atoms with E-state index in [0.29, 0.717) is 30.7 Å². The first-order chi connectivity index (χ1) is 11.1. The van der Waals surface area contributed by atoms with Crippen LogP contribution in [-0.2, 0) is 17.8 Å². The zero-order chi connectivity index (χ0) is 16.2. The van der Waals surface area contributed by atoms with E-state index < -0.39 is 0 Å². The van der Waals surface area contributed by atoms with Crippen LogP contribution < -0.4 is 10.9 Å². The lowest BCUT2D eigenvalue weighted by molar-refractivity contribution is -0.120. The molecule has 3 aromatic heterocycles. The van der Waals surface area contributed by atoms with E-state index in [2.05, 4.69) is 15.3 Å². The predicted octanol–water partition coefficient (Wildman–Crippen LogP) is 1.52. The minimum atomic E-state index is -0.0773. The Balaban J connectivity index is 1.63. The Bertz CT molecular complexity index is 886. The molecule has 0 saturated heterocycles. The minimum Gasteiger partial charge on any atom is -0.354 e. The molecular formula is C16H16N4O2S. The lowest BCUT2D eigenvalue weighted by Gasteiger charge is -2.10. The molecule has 0 aliphatic carbocycles. The fourth-order valence-electron chi connectivity index (χ4n) is 2.37. The number of hydrogen-bond donors (Lipinski definition) is 1. The second-order valence-electron chi connectivity index (χ2n) is 5.14. The number of hydrogen-bond acceptors (Lipinski definition) is 5. The molecule has 3 aromatic rings. The molecule has 6 nitrogen and oxygen atoms in total. The summed E-state index contributed by atoms with van der Waals surface area (Å²) in [4.78, 5) is 33.4. The summed E-state index contributed by atoms with van der Waals surface area (Å²) in [6.07, 6.45) is 3.62. The highest BCUT2D eigenvalue weighted by Crippen LogP contribution is 2.14. The van der Waals surface area contributed by atoms with Crippen LogP contribution in [-0.4, -0.2) is 27.0 Å². The summed E-state index contributed by atoms with van der Waals surface area (Å²) >= 11 is 1.46. The van der Waals surface area contributed by atoms with E-state index in [-0.39, 0.29) is 11.5 Å². The first-order valence-corrected chi connectivity index (χ1v) is 8.13. The average molecular weight is 328 g/mol. The quantitative estimate of drug-likeness (QED) is 0.770. The average Bonchev–Trinajstić information content (AvgIpc) is 3.00. The van der Waals surface area contributed by atoms with Gasteiger partial charge in [-0.25, -0.2) is 4.98 Å². The van der Waals surface area contributed by atoms with Gasteiger partial charge < -0.3 is 5.32 Å². The number of carbonyl (C=O) groups excluding carboxylic acids is 1. The van der Waals surface area contributed by atoms with E-state index in [0.717, 1.165) is 10.4 Å². The highest BCUT2D eigenvalue weighted by Gasteiger charge is 2.09. The van der Waals surface area contributed by atoms with Gasteiger partial charge >= 0.3 is 0 Å². The maximum Gasteiger partial charge on any atom is 0.262 e. The number of carbonyl (C=O) groups is 1. The molecule has 118 valence electrons. The number of aryl methyl sites for hydroxylation is 1. The van der Waals surface area contributed by atoms with E-state index in [9.17, 15) is 9.59 Å². The van der Waals surface area contributed by atoms with Crippen LogP contribution in [0.25, 0.3) is 10.2 Å². The number of thiophene rings is 1. The molecule has 0 radical (unpaired) electrons. The van der Waals surface area contributed by atoms with Crippen LogP contribution in [0.4, 0.5) is 0 Å². The molecule has 0 atom stereocenters. The van der Waals surface area contributed by atoms with Crippen LogP contribution in [0.15, 0.2) is 40.8 Å². The maximum atomic E-state index is 12.4. The van der Waals surface area contributed by atoms with Crippen molar-refractivity contribution in [3.63, 3.8) is 0 Å². The lowest BCUT2D eigenvalue weighted by atomic mass is 10.2. The fourth-order valence-corrected chi connectivity index (χ4v) is 3.17. The molecule has 23 heavy (non-hydrogen) atoms. The standard InChI is InChI=1S/C16H16N4O2S/c1-11-19-15-13(4-9-23-15)16(22)20(11)8-7-18-14(21)10-12-2-5-17-6-3-12/h2-6,9H,7-8,10H2,1H3,(H,18,21). The molecule has 1 amide bonds. The van der Waals surface area contributed by atoms with Crippen molar-refractivity contribution in [1.29, 1.82) is 0 Å². The van der Waals surface area contributed by atoms with Crippen molar-refractivity contribution in [3.05, 3.63) is 57.7 Å². The molecular weight excluding hydrogens is 312 g/mol. The van der Waals surface area contributed by atoms with E-state index in [1.165, 1.54) is 11.3 Å². The van der Waals surface area contributed by atoms with Crippen LogP contribution >= 0.6 is 11.3 Å². The third-order valence-corrected chi connectivity index (χ3v) is 4.35. The van der Waals surface area contributed by atoms with Gasteiger partial charge in [0.25, 0.3) is 5.56 Å². The maximum absolute atomic E-state index is 12.4. The molecule has 0 aromatic carbocycles. The summed E-state index contributed by atoms with van der Waals surface area (Å²) in [5, 5.41) is 5.32. The van der Waals surface area contributed by atoms with Crippen molar-refractivity contribution >= 4 is 27.5 Å². The lowest BCUT2D eigenvalue weighted by Crippen LogP contribution is -2.32. The summed E-state index contributed by atoms with van der Waals surface area (Å²) in [6, 6.07) is 5.40. The van der Waals surface area contributed by atoms with Gasteiger partial charge in [0.15, 0.2) is 0 Å². The van der Waals surface area contributed by atoms with Gasteiger partial charge in [-0.3, -0.25) is 19.1 Å². The first-order valence-electron chi connectivity index (χ1n) is 7.25. The molecule has 0 unspecified atom stereocenters. The van der Waals surface area contributed by atoms with Crippen molar-refractivity contribution in [2.24, 2.45) is 0 Å². The van der Waals surface area contributed by atoms with Crippen molar-refractivity contribution < 1.29 is 4.79 Å².